The van der Waals surface area contributed by atoms with Crippen molar-refractivity contribution in [1.29, 1.82) is 0 Å². The van der Waals surface area contributed by atoms with Crippen LogP contribution in [0, 0.1) is 0 Å². The molecule has 0 saturated carbocycles. The van der Waals surface area contributed by atoms with Gasteiger partial charge in [0.05, 0.1) is 11.1 Å². The number of nitrogens with one attached hydrogen (secondary N) is 2. The second kappa shape index (κ2) is 6.57. The van der Waals surface area contributed by atoms with Gasteiger partial charge in [-0.15, -0.1) is 0 Å². The molecule has 4 aromatic rings. The third kappa shape index (κ3) is 3.08. The van der Waals surface area contributed by atoms with Crippen LogP contribution in [0.5, 0.6) is 0 Å². The number of carbonyl (C=O) groups excluding carboxylic acids is 1. The normalized spacial score (nSPS) is 11.1. The van der Waals surface area contributed by atoms with E-state index >= 15 is 0 Å². The Morgan fingerprint density at radius 1 is 1.16 bits per heavy atom. The average Bonchev–Trinajstić information content (AvgIpc) is 3.03. The van der Waals surface area contributed by atoms with Crippen molar-refractivity contribution in [3.63, 3.8) is 0 Å². The summed E-state index contributed by atoms with van der Waals surface area (Å²) >= 11 is 6.08. The molecule has 0 saturated heterocycles. The van der Waals surface area contributed by atoms with Crippen LogP contribution in [-0.2, 0) is 6.42 Å². The molecule has 0 radical (unpaired) electrons. The van der Waals surface area contributed by atoms with Crippen LogP contribution >= 0.6 is 11.6 Å². The number of amides is 1. The van der Waals surface area contributed by atoms with Crippen LogP contribution < -0.4 is 5.32 Å². The second-order valence-electron chi connectivity index (χ2n) is 5.89. The van der Waals surface area contributed by atoms with Crippen LogP contribution in [0.2, 0.25) is 5.02 Å². The first-order valence-electron chi connectivity index (χ1n) is 8.10. The molecule has 0 aliphatic rings. The van der Waals surface area contributed by atoms with E-state index in [9.17, 15) is 4.79 Å². The Balaban J connectivity index is 1.49. The summed E-state index contributed by atoms with van der Waals surface area (Å²) in [6, 6.07) is 15.2. The van der Waals surface area contributed by atoms with Crippen molar-refractivity contribution in [2.75, 3.05) is 6.54 Å². The molecule has 0 atom stereocenters. The average molecular weight is 350 g/mol. The van der Waals surface area contributed by atoms with Gasteiger partial charge in [0.2, 0.25) is 0 Å². The summed E-state index contributed by atoms with van der Waals surface area (Å²) in [5, 5.41) is 5.74. The molecule has 0 aliphatic carbocycles. The van der Waals surface area contributed by atoms with Crippen molar-refractivity contribution in [3.05, 3.63) is 77.1 Å². The lowest BCUT2D eigenvalue weighted by Gasteiger charge is -2.07. The van der Waals surface area contributed by atoms with Crippen LogP contribution in [0.25, 0.3) is 21.8 Å². The fraction of sp³-hybridized carbons (Fsp3) is 0.100. The molecule has 25 heavy (non-hydrogen) atoms. The Morgan fingerprint density at radius 3 is 2.96 bits per heavy atom. The Hall–Kier alpha value is -2.85. The molecule has 0 aliphatic heterocycles. The van der Waals surface area contributed by atoms with Gasteiger partial charge in [0.15, 0.2) is 0 Å². The smallest absolute Gasteiger partial charge is 0.253 e. The summed E-state index contributed by atoms with van der Waals surface area (Å²) in [7, 11) is 0. The highest BCUT2D eigenvalue weighted by Crippen LogP contribution is 2.22. The molecule has 1 amide bonds. The van der Waals surface area contributed by atoms with Gasteiger partial charge in [-0.25, -0.2) is 0 Å². The monoisotopic (exact) mass is 349 g/mol. The second-order valence-corrected chi connectivity index (χ2v) is 6.33. The van der Waals surface area contributed by atoms with E-state index in [1.54, 1.807) is 12.3 Å². The molecule has 0 fully saturated rings. The zero-order chi connectivity index (χ0) is 17.2. The van der Waals surface area contributed by atoms with Gasteiger partial charge in [-0.05, 0) is 42.3 Å². The number of aromatic nitrogens is 2. The first kappa shape index (κ1) is 15.7. The zero-order valence-electron chi connectivity index (χ0n) is 13.4. The fourth-order valence-electron chi connectivity index (χ4n) is 3.05. The lowest BCUT2D eigenvalue weighted by Crippen LogP contribution is -2.26. The SMILES string of the molecule is O=C(NCCc1c[nH]c2ccc(Cl)cc12)c1cccc2cccnc12. The highest BCUT2D eigenvalue weighted by Gasteiger charge is 2.11. The quantitative estimate of drug-likeness (QED) is 0.575. The van der Waals surface area contributed by atoms with E-state index in [1.807, 2.05) is 48.7 Å². The summed E-state index contributed by atoms with van der Waals surface area (Å²) in [4.78, 5) is 20.1. The Bertz CT molecular complexity index is 1070. The predicted molar refractivity (Wildman–Crippen MR) is 101 cm³/mol. The van der Waals surface area contributed by atoms with E-state index in [0.29, 0.717) is 17.1 Å². The summed E-state index contributed by atoms with van der Waals surface area (Å²) in [5.41, 5.74) is 3.50. The molecule has 0 spiro atoms. The minimum absolute atomic E-state index is 0.109. The maximum absolute atomic E-state index is 12.5. The van der Waals surface area contributed by atoms with Crippen LogP contribution in [-0.4, -0.2) is 22.4 Å². The lowest BCUT2D eigenvalue weighted by atomic mass is 10.1. The topological polar surface area (TPSA) is 57.8 Å². The number of aromatic amines is 1. The van der Waals surface area contributed by atoms with Gasteiger partial charge in [0.1, 0.15) is 0 Å². The van der Waals surface area contributed by atoms with E-state index in [1.165, 1.54) is 0 Å². The van der Waals surface area contributed by atoms with Gasteiger partial charge in [-0.1, -0.05) is 29.8 Å². The van der Waals surface area contributed by atoms with E-state index in [0.717, 1.165) is 33.8 Å². The molecule has 4 nitrogen and oxygen atoms in total. The number of halogens is 1. The Kier molecular flexibility index (Phi) is 4.12. The summed E-state index contributed by atoms with van der Waals surface area (Å²) in [6.45, 7) is 0.543. The van der Waals surface area contributed by atoms with E-state index in [-0.39, 0.29) is 5.91 Å². The van der Waals surface area contributed by atoms with Gasteiger partial charge < -0.3 is 10.3 Å². The summed E-state index contributed by atoms with van der Waals surface area (Å²) in [5.74, 6) is -0.109. The summed E-state index contributed by atoms with van der Waals surface area (Å²) < 4.78 is 0. The van der Waals surface area contributed by atoms with Crippen molar-refractivity contribution in [1.82, 2.24) is 15.3 Å². The molecule has 2 N–H and O–H groups in total. The minimum Gasteiger partial charge on any atom is -0.361 e. The molecule has 124 valence electrons. The molecule has 2 aromatic heterocycles. The van der Waals surface area contributed by atoms with Crippen LogP contribution in [0.4, 0.5) is 0 Å². The van der Waals surface area contributed by atoms with Crippen LogP contribution in [0.15, 0.2) is 60.9 Å². The number of fused-ring (bicyclic) bond motifs is 2. The minimum atomic E-state index is -0.109. The fourth-order valence-corrected chi connectivity index (χ4v) is 3.22. The number of pyridine rings is 1. The largest absolute Gasteiger partial charge is 0.361 e. The number of carbonyl (C=O) groups is 1. The Labute approximate surface area is 149 Å². The van der Waals surface area contributed by atoms with Crippen molar-refractivity contribution in [3.8, 4) is 0 Å². The zero-order valence-corrected chi connectivity index (χ0v) is 14.2. The number of rotatable bonds is 4. The van der Waals surface area contributed by atoms with Crippen molar-refractivity contribution in [2.24, 2.45) is 0 Å². The Morgan fingerprint density at radius 2 is 2.04 bits per heavy atom. The molecule has 2 heterocycles. The molecule has 2 aromatic carbocycles. The van der Waals surface area contributed by atoms with Crippen LogP contribution in [0.3, 0.4) is 0 Å². The van der Waals surface area contributed by atoms with Crippen molar-refractivity contribution in [2.45, 2.75) is 6.42 Å². The summed E-state index contributed by atoms with van der Waals surface area (Å²) in [6.07, 6.45) is 4.39. The molecule has 5 heteroatoms. The van der Waals surface area contributed by atoms with Crippen molar-refractivity contribution >= 4 is 39.3 Å². The molecule has 0 unspecified atom stereocenters. The molecule has 4 rings (SSSR count). The highest BCUT2D eigenvalue weighted by molar-refractivity contribution is 6.31. The first-order valence-corrected chi connectivity index (χ1v) is 8.47. The maximum atomic E-state index is 12.5. The number of hydrogen-bond donors (Lipinski definition) is 2. The van der Waals surface area contributed by atoms with Crippen molar-refractivity contribution < 1.29 is 4.79 Å². The number of hydrogen-bond acceptors (Lipinski definition) is 2. The molecule has 0 bridgehead atoms. The number of para-hydroxylation sites is 1. The predicted octanol–water partition coefficient (Wildman–Crippen LogP) is 4.34. The van der Waals surface area contributed by atoms with E-state index < -0.39 is 0 Å². The van der Waals surface area contributed by atoms with Gasteiger partial charge in [0, 0.05) is 40.3 Å². The van der Waals surface area contributed by atoms with E-state index in [2.05, 4.69) is 15.3 Å². The van der Waals surface area contributed by atoms with Gasteiger partial charge in [0.25, 0.3) is 5.91 Å². The number of H-pyrrole nitrogens is 1. The van der Waals surface area contributed by atoms with Gasteiger partial charge >= 0.3 is 0 Å². The maximum Gasteiger partial charge on any atom is 0.253 e. The van der Waals surface area contributed by atoms with Gasteiger partial charge in [-0.3, -0.25) is 9.78 Å². The molecular formula is C20H16ClN3O. The van der Waals surface area contributed by atoms with Crippen LogP contribution in [0.1, 0.15) is 15.9 Å². The van der Waals surface area contributed by atoms with Gasteiger partial charge in [-0.2, -0.15) is 0 Å². The third-order valence-corrected chi connectivity index (χ3v) is 4.52. The number of benzene rings is 2. The first-order chi connectivity index (χ1) is 12.2. The van der Waals surface area contributed by atoms with E-state index in [4.69, 9.17) is 11.6 Å². The lowest BCUT2D eigenvalue weighted by molar-refractivity contribution is 0.0955. The highest BCUT2D eigenvalue weighted by atomic mass is 35.5. The number of nitrogens with zero attached hydrogens (tertiary/aromatic N) is 1. The standard InChI is InChI=1S/C20H16ClN3O/c21-15-6-7-18-17(11-15)14(12-24-18)8-10-23-20(25)16-5-1-3-13-4-2-9-22-19(13)16/h1-7,9,11-12,24H,8,10H2,(H,23,25). The molecular weight excluding hydrogens is 334 g/mol. The third-order valence-electron chi connectivity index (χ3n) is 4.29.